The Bertz CT molecular complexity index is 317. The van der Waals surface area contributed by atoms with Crippen LogP contribution in [0.15, 0.2) is 24.3 Å². The highest BCUT2D eigenvalue weighted by molar-refractivity contribution is 5.98. The monoisotopic (exact) mass is 195 g/mol. The van der Waals surface area contributed by atoms with Crippen LogP contribution < -0.4 is 4.90 Å². The number of aliphatic hydroxyl groups is 2. The van der Waals surface area contributed by atoms with Crippen LogP contribution in [0.3, 0.4) is 0 Å². The van der Waals surface area contributed by atoms with Crippen molar-refractivity contribution >= 4 is 11.5 Å². The van der Waals surface area contributed by atoms with Crippen LogP contribution in [0.2, 0.25) is 0 Å². The van der Waals surface area contributed by atoms with Crippen molar-refractivity contribution in [2.75, 3.05) is 19.0 Å². The van der Waals surface area contributed by atoms with E-state index in [0.29, 0.717) is 5.56 Å². The van der Waals surface area contributed by atoms with Gasteiger partial charge in [0, 0.05) is 25.3 Å². The van der Waals surface area contributed by atoms with Crippen molar-refractivity contribution in [3.05, 3.63) is 29.8 Å². The number of ketones is 1. The Kier molecular flexibility index (Phi) is 3.22. The average molecular weight is 195 g/mol. The highest BCUT2D eigenvalue weighted by Crippen LogP contribution is 2.13. The third-order valence-corrected chi connectivity index (χ3v) is 1.90. The standard InChI is InChI=1S/C10H13NO3/c1-11(2)8-5-3-7(4-6-8)9(12)10(13)14/h3-6,10,13-14H,1-2H3. The van der Waals surface area contributed by atoms with Gasteiger partial charge >= 0.3 is 0 Å². The number of hydrogen-bond acceptors (Lipinski definition) is 4. The van der Waals surface area contributed by atoms with E-state index in [1.807, 2.05) is 19.0 Å². The van der Waals surface area contributed by atoms with Gasteiger partial charge in [-0.05, 0) is 24.3 Å². The number of carbonyl (C=O) groups excluding carboxylic acids is 1. The number of Topliss-reactive ketones (excluding diaryl/α,β-unsaturated/α-hetero) is 1. The maximum Gasteiger partial charge on any atom is 0.218 e. The summed E-state index contributed by atoms with van der Waals surface area (Å²) in [6, 6.07) is 6.62. The average Bonchev–Trinajstić information content (AvgIpc) is 2.16. The van der Waals surface area contributed by atoms with Crippen molar-refractivity contribution in [2.24, 2.45) is 0 Å². The maximum atomic E-state index is 11.1. The van der Waals surface area contributed by atoms with Crippen molar-refractivity contribution in [1.29, 1.82) is 0 Å². The summed E-state index contributed by atoms with van der Waals surface area (Å²) in [5, 5.41) is 17.3. The number of carbonyl (C=O) groups is 1. The zero-order chi connectivity index (χ0) is 10.7. The molecule has 14 heavy (non-hydrogen) atoms. The van der Waals surface area contributed by atoms with Crippen molar-refractivity contribution in [1.82, 2.24) is 0 Å². The van der Waals surface area contributed by atoms with Gasteiger partial charge in [-0.15, -0.1) is 0 Å². The minimum absolute atomic E-state index is 0.297. The van der Waals surface area contributed by atoms with Gasteiger partial charge in [-0.1, -0.05) is 0 Å². The zero-order valence-corrected chi connectivity index (χ0v) is 8.14. The van der Waals surface area contributed by atoms with Crippen molar-refractivity contribution < 1.29 is 15.0 Å². The molecule has 0 spiro atoms. The van der Waals surface area contributed by atoms with Crippen molar-refractivity contribution in [2.45, 2.75) is 6.29 Å². The molecule has 0 atom stereocenters. The summed E-state index contributed by atoms with van der Waals surface area (Å²) in [4.78, 5) is 13.0. The van der Waals surface area contributed by atoms with E-state index < -0.39 is 12.1 Å². The van der Waals surface area contributed by atoms with Crippen LogP contribution in [0.1, 0.15) is 10.4 Å². The summed E-state index contributed by atoms with van der Waals surface area (Å²) < 4.78 is 0. The van der Waals surface area contributed by atoms with Gasteiger partial charge in [0.15, 0.2) is 0 Å². The van der Waals surface area contributed by atoms with Gasteiger partial charge in [-0.2, -0.15) is 0 Å². The largest absolute Gasteiger partial charge is 0.378 e. The number of nitrogens with zero attached hydrogens (tertiary/aromatic N) is 1. The third kappa shape index (κ3) is 2.31. The van der Waals surface area contributed by atoms with Crippen LogP contribution in [-0.4, -0.2) is 36.4 Å². The fourth-order valence-corrected chi connectivity index (χ4v) is 1.07. The molecule has 4 heteroatoms. The molecule has 2 N–H and O–H groups in total. The van der Waals surface area contributed by atoms with Crippen LogP contribution >= 0.6 is 0 Å². The number of anilines is 1. The number of hydrogen-bond donors (Lipinski definition) is 2. The summed E-state index contributed by atoms with van der Waals surface area (Å²) in [5.41, 5.74) is 1.25. The molecule has 0 saturated carbocycles. The second-order valence-electron chi connectivity index (χ2n) is 3.18. The molecule has 0 unspecified atom stereocenters. The molecule has 1 aromatic carbocycles. The Hall–Kier alpha value is -1.39. The summed E-state index contributed by atoms with van der Waals surface area (Å²) in [6.07, 6.45) is -1.93. The van der Waals surface area contributed by atoms with Crippen molar-refractivity contribution in [3.63, 3.8) is 0 Å². The smallest absolute Gasteiger partial charge is 0.218 e. The molecule has 76 valence electrons. The first-order valence-electron chi connectivity index (χ1n) is 4.20. The molecular formula is C10H13NO3. The molecule has 1 rings (SSSR count). The second kappa shape index (κ2) is 4.21. The summed E-state index contributed by atoms with van der Waals surface area (Å²) in [5.74, 6) is -0.685. The Morgan fingerprint density at radius 2 is 1.71 bits per heavy atom. The molecule has 0 fully saturated rings. The van der Waals surface area contributed by atoms with Gasteiger partial charge in [0.1, 0.15) is 0 Å². The first kappa shape index (κ1) is 10.7. The Labute approximate surface area is 82.4 Å². The molecule has 4 nitrogen and oxygen atoms in total. The molecular weight excluding hydrogens is 182 g/mol. The second-order valence-corrected chi connectivity index (χ2v) is 3.18. The van der Waals surface area contributed by atoms with Gasteiger partial charge < -0.3 is 15.1 Å². The molecule has 0 aromatic heterocycles. The molecule has 0 saturated heterocycles. The van der Waals surface area contributed by atoms with Gasteiger partial charge in [-0.3, -0.25) is 4.79 Å². The molecule has 0 aliphatic carbocycles. The third-order valence-electron chi connectivity index (χ3n) is 1.90. The lowest BCUT2D eigenvalue weighted by Crippen LogP contribution is -2.19. The lowest BCUT2D eigenvalue weighted by molar-refractivity contribution is -0.0195. The fraction of sp³-hybridized carbons (Fsp3) is 0.300. The van der Waals surface area contributed by atoms with Crippen LogP contribution in [0.4, 0.5) is 5.69 Å². The molecule has 1 aromatic rings. The van der Waals surface area contributed by atoms with Crippen LogP contribution in [0.5, 0.6) is 0 Å². The number of aliphatic hydroxyl groups excluding tert-OH is 1. The van der Waals surface area contributed by atoms with Crippen LogP contribution in [0.25, 0.3) is 0 Å². The van der Waals surface area contributed by atoms with Gasteiger partial charge in [-0.25, -0.2) is 0 Å². The fourth-order valence-electron chi connectivity index (χ4n) is 1.07. The van der Waals surface area contributed by atoms with Crippen LogP contribution in [-0.2, 0) is 0 Å². The minimum atomic E-state index is -1.93. The Morgan fingerprint density at radius 1 is 1.21 bits per heavy atom. The van der Waals surface area contributed by atoms with E-state index in [2.05, 4.69) is 0 Å². The first-order valence-corrected chi connectivity index (χ1v) is 4.20. The molecule has 0 aliphatic rings. The molecule has 0 aliphatic heterocycles. The van der Waals surface area contributed by atoms with Crippen LogP contribution in [0, 0.1) is 0 Å². The first-order chi connectivity index (χ1) is 6.52. The van der Waals surface area contributed by atoms with E-state index in [4.69, 9.17) is 10.2 Å². The van der Waals surface area contributed by atoms with Gasteiger partial charge in [0.25, 0.3) is 0 Å². The Balaban J connectivity index is 2.89. The maximum absolute atomic E-state index is 11.1. The SMILES string of the molecule is CN(C)c1ccc(C(=O)C(O)O)cc1. The molecule has 0 radical (unpaired) electrons. The highest BCUT2D eigenvalue weighted by Gasteiger charge is 2.13. The van der Waals surface area contributed by atoms with Gasteiger partial charge in [0.2, 0.25) is 12.1 Å². The summed E-state index contributed by atoms with van der Waals surface area (Å²) >= 11 is 0. The predicted molar refractivity (Wildman–Crippen MR) is 53.3 cm³/mol. The molecule has 0 amide bonds. The van der Waals surface area contributed by atoms with E-state index in [-0.39, 0.29) is 0 Å². The zero-order valence-electron chi connectivity index (χ0n) is 8.14. The van der Waals surface area contributed by atoms with Crippen molar-refractivity contribution in [3.8, 4) is 0 Å². The lowest BCUT2D eigenvalue weighted by atomic mass is 10.1. The van der Waals surface area contributed by atoms with E-state index in [0.717, 1.165) is 5.69 Å². The lowest BCUT2D eigenvalue weighted by Gasteiger charge is -2.12. The minimum Gasteiger partial charge on any atom is -0.378 e. The van der Waals surface area contributed by atoms with E-state index in [1.54, 1.807) is 24.3 Å². The summed E-state index contributed by atoms with van der Waals surface area (Å²) in [7, 11) is 3.77. The predicted octanol–water partition coefficient (Wildman–Crippen LogP) is 0.246. The highest BCUT2D eigenvalue weighted by atomic mass is 16.5. The van der Waals surface area contributed by atoms with Gasteiger partial charge in [0.05, 0.1) is 0 Å². The topological polar surface area (TPSA) is 60.8 Å². The normalized spacial score (nSPS) is 10.4. The quantitative estimate of drug-likeness (QED) is 0.536. The summed E-state index contributed by atoms with van der Waals surface area (Å²) in [6.45, 7) is 0. The molecule has 0 bridgehead atoms. The van der Waals surface area contributed by atoms with E-state index in [9.17, 15) is 4.79 Å². The Morgan fingerprint density at radius 3 is 2.07 bits per heavy atom. The number of benzene rings is 1. The van der Waals surface area contributed by atoms with E-state index in [1.165, 1.54) is 0 Å². The molecule has 0 heterocycles. The number of rotatable bonds is 3. The van der Waals surface area contributed by atoms with E-state index >= 15 is 0 Å².